The molecule has 3 N–H and O–H groups in total. The number of aryl methyl sites for hydroxylation is 1. The smallest absolute Gasteiger partial charge is 0.336 e. The highest BCUT2D eigenvalue weighted by molar-refractivity contribution is 5.94. The van der Waals surface area contributed by atoms with E-state index in [4.69, 9.17) is 5.11 Å². The zero-order valence-electron chi connectivity index (χ0n) is 10.1. The molecule has 0 heterocycles. The van der Waals surface area contributed by atoms with Crippen LogP contribution in [0.3, 0.4) is 0 Å². The number of carbonyl (C=O) groups is 2. The van der Waals surface area contributed by atoms with E-state index in [9.17, 15) is 9.59 Å². The van der Waals surface area contributed by atoms with Crippen molar-refractivity contribution in [3.63, 3.8) is 0 Å². The van der Waals surface area contributed by atoms with Gasteiger partial charge in [0, 0.05) is 12.2 Å². The van der Waals surface area contributed by atoms with Gasteiger partial charge in [-0.15, -0.1) is 0 Å². The first-order chi connectivity index (χ1) is 7.95. The predicted molar refractivity (Wildman–Crippen MR) is 65.6 cm³/mol. The minimum atomic E-state index is -0.995. The third kappa shape index (κ3) is 3.21. The Morgan fingerprint density at radius 2 is 1.94 bits per heavy atom. The van der Waals surface area contributed by atoms with Gasteiger partial charge < -0.3 is 15.7 Å². The first-order valence-corrected chi connectivity index (χ1v) is 5.35. The summed E-state index contributed by atoms with van der Waals surface area (Å²) >= 11 is 0. The number of carboxylic acids is 1. The summed E-state index contributed by atoms with van der Waals surface area (Å²) in [4.78, 5) is 22.3. The van der Waals surface area contributed by atoms with Crippen LogP contribution in [-0.4, -0.2) is 23.7 Å². The summed E-state index contributed by atoms with van der Waals surface area (Å²) in [7, 11) is 0. The monoisotopic (exact) mass is 236 g/mol. The summed E-state index contributed by atoms with van der Waals surface area (Å²) in [6.07, 6.45) is 0. The number of benzene rings is 1. The Morgan fingerprint density at radius 1 is 1.29 bits per heavy atom. The molecule has 0 aliphatic rings. The van der Waals surface area contributed by atoms with Gasteiger partial charge in [-0.05, 0) is 44.0 Å². The average molecular weight is 236 g/mol. The third-order valence-electron chi connectivity index (χ3n) is 2.49. The Hall–Kier alpha value is -2.04. The van der Waals surface area contributed by atoms with E-state index in [1.807, 2.05) is 13.8 Å². The van der Waals surface area contributed by atoms with Crippen LogP contribution in [0.5, 0.6) is 0 Å². The van der Waals surface area contributed by atoms with E-state index in [2.05, 4.69) is 10.6 Å². The number of anilines is 1. The van der Waals surface area contributed by atoms with E-state index in [0.717, 1.165) is 5.56 Å². The Balaban J connectivity index is 3.02. The molecule has 0 radical (unpaired) electrons. The van der Waals surface area contributed by atoms with Crippen molar-refractivity contribution in [2.24, 2.45) is 0 Å². The summed E-state index contributed by atoms with van der Waals surface area (Å²) in [6.45, 7) is 5.88. The number of aromatic carboxylic acids is 1. The number of amides is 2. The van der Waals surface area contributed by atoms with Crippen LogP contribution in [0.25, 0.3) is 0 Å². The maximum Gasteiger partial charge on any atom is 0.336 e. The molecule has 0 bridgehead atoms. The molecule has 0 aliphatic heterocycles. The van der Waals surface area contributed by atoms with Crippen molar-refractivity contribution in [2.45, 2.75) is 20.8 Å². The highest BCUT2D eigenvalue weighted by Crippen LogP contribution is 2.19. The van der Waals surface area contributed by atoms with Gasteiger partial charge >= 0.3 is 12.0 Å². The summed E-state index contributed by atoms with van der Waals surface area (Å²) in [5.74, 6) is -0.995. The molecule has 5 heteroatoms. The lowest BCUT2D eigenvalue weighted by molar-refractivity contribution is 0.0696. The molecule has 17 heavy (non-hydrogen) atoms. The van der Waals surface area contributed by atoms with Crippen molar-refractivity contribution in [1.82, 2.24) is 5.32 Å². The molecule has 0 atom stereocenters. The Labute approximate surface area is 99.8 Å². The summed E-state index contributed by atoms with van der Waals surface area (Å²) < 4.78 is 0. The highest BCUT2D eigenvalue weighted by Gasteiger charge is 2.11. The molecule has 0 fully saturated rings. The minimum absolute atomic E-state index is 0.205. The fourth-order valence-electron chi connectivity index (χ4n) is 1.49. The molecule has 1 aromatic rings. The van der Waals surface area contributed by atoms with Crippen LogP contribution in [0.15, 0.2) is 12.1 Å². The fourth-order valence-corrected chi connectivity index (χ4v) is 1.49. The topological polar surface area (TPSA) is 78.4 Å². The molecule has 92 valence electrons. The molecular weight excluding hydrogens is 220 g/mol. The lowest BCUT2D eigenvalue weighted by Gasteiger charge is -2.10. The van der Waals surface area contributed by atoms with E-state index in [0.29, 0.717) is 17.8 Å². The number of carbonyl (C=O) groups excluding carboxylic acids is 1. The molecule has 0 saturated carbocycles. The lowest BCUT2D eigenvalue weighted by atomic mass is 10.0. The minimum Gasteiger partial charge on any atom is -0.478 e. The molecule has 5 nitrogen and oxygen atoms in total. The second-order valence-electron chi connectivity index (χ2n) is 3.76. The van der Waals surface area contributed by atoms with E-state index >= 15 is 0 Å². The quantitative estimate of drug-likeness (QED) is 0.752. The zero-order chi connectivity index (χ0) is 13.0. The number of rotatable bonds is 3. The molecule has 1 aromatic carbocycles. The van der Waals surface area contributed by atoms with Gasteiger partial charge in [-0.1, -0.05) is 0 Å². The van der Waals surface area contributed by atoms with Gasteiger partial charge in [0.2, 0.25) is 0 Å². The number of hydrogen-bond donors (Lipinski definition) is 3. The van der Waals surface area contributed by atoms with Gasteiger partial charge in [0.05, 0.1) is 5.56 Å². The van der Waals surface area contributed by atoms with Gasteiger partial charge in [0.25, 0.3) is 0 Å². The number of nitrogens with one attached hydrogen (secondary N) is 2. The molecule has 0 unspecified atom stereocenters. The fraction of sp³-hybridized carbons (Fsp3) is 0.333. The molecule has 1 rings (SSSR count). The zero-order valence-corrected chi connectivity index (χ0v) is 10.1. The van der Waals surface area contributed by atoms with Gasteiger partial charge in [-0.25, -0.2) is 9.59 Å². The lowest BCUT2D eigenvalue weighted by Crippen LogP contribution is -2.28. The van der Waals surface area contributed by atoms with Crippen LogP contribution in [0, 0.1) is 13.8 Å². The van der Waals surface area contributed by atoms with Gasteiger partial charge in [-0.3, -0.25) is 0 Å². The van der Waals surface area contributed by atoms with Crippen LogP contribution in [-0.2, 0) is 0 Å². The van der Waals surface area contributed by atoms with Gasteiger partial charge in [0.1, 0.15) is 0 Å². The van der Waals surface area contributed by atoms with Crippen molar-refractivity contribution in [3.05, 3.63) is 28.8 Å². The number of urea groups is 1. The van der Waals surface area contributed by atoms with Gasteiger partial charge in [-0.2, -0.15) is 0 Å². The Kier molecular flexibility index (Phi) is 4.09. The largest absolute Gasteiger partial charge is 0.478 e. The molecular formula is C12H16N2O3. The van der Waals surface area contributed by atoms with E-state index in [1.54, 1.807) is 13.0 Å². The first-order valence-electron chi connectivity index (χ1n) is 5.35. The number of carboxylic acid groups (broad SMARTS) is 1. The van der Waals surface area contributed by atoms with Gasteiger partial charge in [0.15, 0.2) is 0 Å². The maximum atomic E-state index is 11.3. The molecule has 0 aliphatic carbocycles. The Bertz CT molecular complexity index is 455. The summed E-state index contributed by atoms with van der Waals surface area (Å²) in [5, 5.41) is 14.2. The van der Waals surface area contributed by atoms with Crippen molar-refractivity contribution in [1.29, 1.82) is 0 Å². The van der Waals surface area contributed by atoms with E-state index in [-0.39, 0.29) is 11.6 Å². The molecule has 0 saturated heterocycles. The van der Waals surface area contributed by atoms with Crippen molar-refractivity contribution >= 4 is 17.7 Å². The summed E-state index contributed by atoms with van der Waals surface area (Å²) in [6, 6.07) is 2.86. The molecule has 0 spiro atoms. The molecule has 0 aromatic heterocycles. The van der Waals surface area contributed by atoms with Crippen molar-refractivity contribution < 1.29 is 14.7 Å². The second kappa shape index (κ2) is 5.34. The van der Waals surface area contributed by atoms with E-state index in [1.165, 1.54) is 6.07 Å². The van der Waals surface area contributed by atoms with Crippen LogP contribution in [0.1, 0.15) is 28.4 Å². The van der Waals surface area contributed by atoms with E-state index < -0.39 is 5.97 Å². The van der Waals surface area contributed by atoms with Crippen molar-refractivity contribution in [3.8, 4) is 0 Å². The van der Waals surface area contributed by atoms with Crippen LogP contribution < -0.4 is 10.6 Å². The second-order valence-corrected chi connectivity index (χ2v) is 3.76. The first kappa shape index (κ1) is 13.0. The van der Waals surface area contributed by atoms with Crippen LogP contribution in [0.4, 0.5) is 10.5 Å². The standard InChI is InChI=1S/C12H16N2O3/c1-4-13-12(17)14-9-5-7(2)8(3)10(6-9)11(15)16/h5-6H,4H2,1-3H3,(H,15,16)(H2,13,14,17). The average Bonchev–Trinajstić information content (AvgIpc) is 2.23. The third-order valence-corrected chi connectivity index (χ3v) is 2.49. The van der Waals surface area contributed by atoms with Crippen molar-refractivity contribution in [2.75, 3.05) is 11.9 Å². The normalized spacial score (nSPS) is 9.82. The highest BCUT2D eigenvalue weighted by atomic mass is 16.4. The predicted octanol–water partition coefficient (Wildman–Crippen LogP) is 2.14. The molecule has 2 amide bonds. The Morgan fingerprint density at radius 3 is 2.47 bits per heavy atom. The SMILES string of the molecule is CCNC(=O)Nc1cc(C)c(C)c(C(=O)O)c1. The van der Waals surface area contributed by atoms with Crippen LogP contribution in [0.2, 0.25) is 0 Å². The maximum absolute atomic E-state index is 11.3. The number of hydrogen-bond acceptors (Lipinski definition) is 2. The van der Waals surface area contributed by atoms with Crippen LogP contribution >= 0.6 is 0 Å². The summed E-state index contributed by atoms with van der Waals surface area (Å²) in [5.41, 5.74) is 2.23.